The SMILES string of the molecule is CC(C)CCC[C@@H](C)[C@H]1CC[C@H]2[C@@H]3CC=C4C[C@@H](OC(=O)N(CCCCNCCC(C)(C)NC(=O)OC(C)(C)C)CCC(C)(C)NC(=O)OC(C)(C)C)CC[C@]4(C)[C@H]3CC[C@]12C. The van der Waals surface area contributed by atoms with E-state index in [4.69, 9.17) is 14.2 Å². The predicted molar refractivity (Wildman–Crippen MR) is 253 cm³/mol. The summed E-state index contributed by atoms with van der Waals surface area (Å²) < 4.78 is 17.4. The van der Waals surface area contributed by atoms with E-state index in [2.05, 4.69) is 56.6 Å². The quantitative estimate of drug-likeness (QED) is 0.0672. The standard InChI is InChI=1S/C52H94N4O6/c1-36(2)19-18-20-37(3)41-23-24-42-40-22-21-38-35-39(25-27-51(38,14)43(40)26-28-52(41,42)15)60-46(59)56(34-30-50(12,13)55-45(58)62-48(7,8)9)33-17-16-31-53-32-29-49(10,11)54-44(57)61-47(4,5)6/h21,36-37,39-43,53H,16-20,22-35H2,1-15H3,(H,54,57)(H,55,58)/t37-,39+,40+,41-,42+,43+,51+,52-/m1/s1. The van der Waals surface area contributed by atoms with Crippen molar-refractivity contribution in [3.8, 4) is 0 Å². The summed E-state index contributed by atoms with van der Waals surface area (Å²) in [4.78, 5) is 41.0. The number of allylic oxidation sites excluding steroid dienone is 1. The van der Waals surface area contributed by atoms with Gasteiger partial charge >= 0.3 is 18.3 Å². The Kier molecular flexibility index (Phi) is 17.8. The first kappa shape index (κ1) is 52.1. The lowest BCUT2D eigenvalue weighted by Gasteiger charge is -2.58. The van der Waals surface area contributed by atoms with Gasteiger partial charge in [-0.25, -0.2) is 14.4 Å². The summed E-state index contributed by atoms with van der Waals surface area (Å²) in [7, 11) is 0. The Morgan fingerprint density at radius 1 is 0.742 bits per heavy atom. The van der Waals surface area contributed by atoms with Gasteiger partial charge in [0.15, 0.2) is 0 Å². The Morgan fingerprint density at radius 2 is 1.37 bits per heavy atom. The number of hydrogen-bond acceptors (Lipinski definition) is 7. The van der Waals surface area contributed by atoms with Crippen molar-refractivity contribution >= 4 is 18.3 Å². The summed E-state index contributed by atoms with van der Waals surface area (Å²) >= 11 is 0. The zero-order chi connectivity index (χ0) is 46.3. The second-order valence-corrected chi connectivity index (χ2v) is 24.5. The van der Waals surface area contributed by atoms with Crippen molar-refractivity contribution in [1.29, 1.82) is 0 Å². The highest BCUT2D eigenvalue weighted by atomic mass is 16.6. The van der Waals surface area contributed by atoms with E-state index in [9.17, 15) is 14.4 Å². The molecule has 3 fully saturated rings. The van der Waals surface area contributed by atoms with Crippen molar-refractivity contribution in [2.45, 2.75) is 229 Å². The lowest BCUT2D eigenvalue weighted by atomic mass is 9.47. The molecule has 0 aromatic carbocycles. The van der Waals surface area contributed by atoms with E-state index in [-0.39, 0.29) is 17.6 Å². The van der Waals surface area contributed by atoms with Gasteiger partial charge in [-0.1, -0.05) is 65.5 Å². The van der Waals surface area contributed by atoms with E-state index in [0.717, 1.165) is 87.1 Å². The van der Waals surface area contributed by atoms with Gasteiger partial charge in [0.05, 0.1) is 0 Å². The van der Waals surface area contributed by atoms with Crippen LogP contribution in [0.2, 0.25) is 0 Å². The highest BCUT2D eigenvalue weighted by molar-refractivity contribution is 5.69. The molecular formula is C52H94N4O6. The van der Waals surface area contributed by atoms with Crippen LogP contribution in [0.5, 0.6) is 0 Å². The molecule has 62 heavy (non-hydrogen) atoms. The molecule has 0 unspecified atom stereocenters. The van der Waals surface area contributed by atoms with Gasteiger partial charge in [0.25, 0.3) is 0 Å². The zero-order valence-electron chi connectivity index (χ0n) is 42.5. The number of rotatable bonds is 19. The average molecular weight is 871 g/mol. The summed E-state index contributed by atoms with van der Waals surface area (Å²) in [6.45, 7) is 34.2. The number of carbonyl (C=O) groups excluding carboxylic acids is 3. The van der Waals surface area contributed by atoms with Crippen molar-refractivity contribution in [2.24, 2.45) is 46.3 Å². The third kappa shape index (κ3) is 15.0. The van der Waals surface area contributed by atoms with Crippen molar-refractivity contribution in [2.75, 3.05) is 26.2 Å². The Bertz CT molecular complexity index is 1510. The summed E-state index contributed by atoms with van der Waals surface area (Å²) in [5.74, 6) is 4.80. The Labute approximate surface area is 379 Å². The number of nitrogens with one attached hydrogen (secondary N) is 3. The first-order valence-corrected chi connectivity index (χ1v) is 25.0. The van der Waals surface area contributed by atoms with Gasteiger partial charge in [0.1, 0.15) is 17.3 Å². The number of alkyl carbamates (subject to hydrolysis) is 2. The van der Waals surface area contributed by atoms with Crippen LogP contribution >= 0.6 is 0 Å². The van der Waals surface area contributed by atoms with Gasteiger partial charge in [-0.3, -0.25) is 0 Å². The van der Waals surface area contributed by atoms with Crippen LogP contribution < -0.4 is 16.0 Å². The van der Waals surface area contributed by atoms with Gasteiger partial charge in [-0.15, -0.1) is 0 Å². The van der Waals surface area contributed by atoms with Crippen LogP contribution in [0.25, 0.3) is 0 Å². The molecule has 358 valence electrons. The Hall–Kier alpha value is -2.49. The van der Waals surface area contributed by atoms with E-state index < -0.39 is 34.5 Å². The topological polar surface area (TPSA) is 118 Å². The number of nitrogens with zero attached hydrogens (tertiary/aromatic N) is 1. The minimum Gasteiger partial charge on any atom is -0.446 e. The van der Waals surface area contributed by atoms with Crippen molar-refractivity contribution < 1.29 is 28.6 Å². The molecule has 8 atom stereocenters. The molecule has 0 bridgehead atoms. The molecule has 10 nitrogen and oxygen atoms in total. The summed E-state index contributed by atoms with van der Waals surface area (Å²) in [5, 5.41) is 9.51. The summed E-state index contributed by atoms with van der Waals surface area (Å²) in [5.41, 5.74) is 0.0699. The monoisotopic (exact) mass is 871 g/mol. The fourth-order valence-corrected chi connectivity index (χ4v) is 12.0. The third-order valence-corrected chi connectivity index (χ3v) is 15.4. The fourth-order valence-electron chi connectivity index (χ4n) is 12.0. The molecule has 0 saturated heterocycles. The smallest absolute Gasteiger partial charge is 0.410 e. The van der Waals surface area contributed by atoms with Gasteiger partial charge in [0.2, 0.25) is 0 Å². The molecule has 3 N–H and O–H groups in total. The van der Waals surface area contributed by atoms with E-state index in [1.807, 2.05) is 74.1 Å². The predicted octanol–water partition coefficient (Wildman–Crippen LogP) is 12.6. The largest absolute Gasteiger partial charge is 0.446 e. The van der Waals surface area contributed by atoms with Gasteiger partial charge in [-0.05, 0) is 199 Å². The molecule has 0 aliphatic heterocycles. The minimum absolute atomic E-state index is 0.121. The molecule has 0 radical (unpaired) electrons. The van der Waals surface area contributed by atoms with Gasteiger partial charge in [0, 0.05) is 30.6 Å². The van der Waals surface area contributed by atoms with E-state index in [0.29, 0.717) is 24.9 Å². The normalized spacial score (nSPS) is 28.2. The number of fused-ring (bicyclic) bond motifs is 5. The lowest BCUT2D eigenvalue weighted by Crippen LogP contribution is -2.51. The van der Waals surface area contributed by atoms with Crippen LogP contribution in [0.3, 0.4) is 0 Å². The zero-order valence-corrected chi connectivity index (χ0v) is 42.5. The van der Waals surface area contributed by atoms with Crippen molar-refractivity contribution in [1.82, 2.24) is 20.9 Å². The lowest BCUT2D eigenvalue weighted by molar-refractivity contribution is -0.0594. The maximum Gasteiger partial charge on any atom is 0.410 e. The van der Waals surface area contributed by atoms with Crippen LogP contribution in [0.15, 0.2) is 11.6 Å². The van der Waals surface area contributed by atoms with Crippen LogP contribution in [-0.4, -0.2) is 77.7 Å². The molecule has 0 heterocycles. The maximum absolute atomic E-state index is 14.1. The van der Waals surface area contributed by atoms with Crippen LogP contribution in [0.4, 0.5) is 14.4 Å². The average Bonchev–Trinajstić information content (AvgIpc) is 3.47. The molecule has 0 aromatic rings. The number of amides is 3. The number of carbonyl (C=O) groups is 3. The molecular weight excluding hydrogens is 777 g/mol. The second kappa shape index (κ2) is 21.2. The van der Waals surface area contributed by atoms with Crippen molar-refractivity contribution in [3.63, 3.8) is 0 Å². The maximum atomic E-state index is 14.1. The fraction of sp³-hybridized carbons (Fsp3) is 0.904. The van der Waals surface area contributed by atoms with Gasteiger partial charge < -0.3 is 35.1 Å². The molecule has 4 aliphatic rings. The van der Waals surface area contributed by atoms with Crippen LogP contribution in [0.1, 0.15) is 200 Å². The van der Waals surface area contributed by atoms with Gasteiger partial charge in [-0.2, -0.15) is 0 Å². The first-order valence-electron chi connectivity index (χ1n) is 25.0. The molecule has 0 spiro atoms. The van der Waals surface area contributed by atoms with Crippen LogP contribution in [0, 0.1) is 46.3 Å². The molecule has 4 rings (SSSR count). The number of unbranched alkanes of at least 4 members (excludes halogenated alkanes) is 1. The van der Waals surface area contributed by atoms with E-state index in [1.54, 1.807) is 0 Å². The molecule has 0 aromatic heterocycles. The minimum atomic E-state index is -0.596. The van der Waals surface area contributed by atoms with Crippen molar-refractivity contribution in [3.05, 3.63) is 11.6 Å². The summed E-state index contributed by atoms with van der Waals surface area (Å²) in [6.07, 6.45) is 18.0. The van der Waals surface area contributed by atoms with E-state index in [1.165, 1.54) is 56.9 Å². The molecule has 3 saturated carbocycles. The highest BCUT2D eigenvalue weighted by Gasteiger charge is 2.59. The van der Waals surface area contributed by atoms with E-state index >= 15 is 0 Å². The first-order chi connectivity index (χ1) is 28.6. The Morgan fingerprint density at radius 3 is 1.98 bits per heavy atom. The second-order valence-electron chi connectivity index (χ2n) is 24.5. The summed E-state index contributed by atoms with van der Waals surface area (Å²) in [6, 6.07) is 0. The van der Waals surface area contributed by atoms with Crippen LogP contribution in [-0.2, 0) is 14.2 Å². The Balaban J connectivity index is 1.34. The molecule has 10 heteroatoms. The molecule has 4 aliphatic carbocycles. The number of ether oxygens (including phenoxy) is 3. The third-order valence-electron chi connectivity index (χ3n) is 15.4. The highest BCUT2D eigenvalue weighted by Crippen LogP contribution is 2.67. The number of hydrogen-bond donors (Lipinski definition) is 3. The molecule has 3 amide bonds.